The molecule has 0 N–H and O–H groups in total. The van der Waals surface area contributed by atoms with Crippen LogP contribution < -0.4 is 4.74 Å². The Hall–Kier alpha value is -0.950. The van der Waals surface area contributed by atoms with Gasteiger partial charge in [0.15, 0.2) is 0 Å². The van der Waals surface area contributed by atoms with Gasteiger partial charge in [-0.3, -0.25) is 0 Å². The number of ether oxygens (including phenoxy) is 1. The van der Waals surface area contributed by atoms with Crippen LogP contribution in [0.1, 0.15) is 24.5 Å². The minimum Gasteiger partial charge on any atom is -0.493 e. The highest BCUT2D eigenvalue weighted by atomic mass is 35.5. The van der Waals surface area contributed by atoms with Crippen LogP contribution in [0, 0.1) is 0 Å². The molecule has 14 heavy (non-hydrogen) atoms. The Balaban J connectivity index is 2.55. The molecule has 0 spiro atoms. The van der Waals surface area contributed by atoms with E-state index in [9.17, 15) is 0 Å². The monoisotopic (exact) mass is 208 g/mol. The summed E-state index contributed by atoms with van der Waals surface area (Å²) in [6.07, 6.45) is 6.24. The van der Waals surface area contributed by atoms with E-state index in [0.717, 1.165) is 30.2 Å². The second-order valence-electron chi connectivity index (χ2n) is 3.37. The van der Waals surface area contributed by atoms with E-state index in [1.807, 2.05) is 12.1 Å². The number of benzene rings is 1. The molecular formula is C12H13ClO. The van der Waals surface area contributed by atoms with Crippen LogP contribution in [0.25, 0.3) is 6.08 Å². The van der Waals surface area contributed by atoms with Gasteiger partial charge >= 0.3 is 0 Å². The molecule has 0 atom stereocenters. The Kier molecular flexibility index (Phi) is 2.78. The van der Waals surface area contributed by atoms with Crippen LogP contribution >= 0.6 is 11.6 Å². The molecule has 0 aliphatic carbocycles. The van der Waals surface area contributed by atoms with Gasteiger partial charge in [0.25, 0.3) is 0 Å². The molecule has 0 fully saturated rings. The van der Waals surface area contributed by atoms with Crippen molar-refractivity contribution in [1.29, 1.82) is 0 Å². The summed E-state index contributed by atoms with van der Waals surface area (Å²) >= 11 is 6.01. The number of aryl methyl sites for hydroxylation is 1. The average molecular weight is 209 g/mol. The minimum atomic E-state index is 0.743. The van der Waals surface area contributed by atoms with Gasteiger partial charge in [-0.2, -0.15) is 0 Å². The highest BCUT2D eigenvalue weighted by Gasteiger charge is 2.09. The van der Waals surface area contributed by atoms with Crippen LogP contribution in [0.2, 0.25) is 5.02 Å². The third-order valence-corrected chi connectivity index (χ3v) is 2.62. The Morgan fingerprint density at radius 1 is 1.43 bits per heavy atom. The SMILES string of the molecule is CCc1cc(Cl)cc2c1C=CCCO2. The van der Waals surface area contributed by atoms with Crippen molar-refractivity contribution in [3.63, 3.8) is 0 Å². The molecule has 2 heteroatoms. The smallest absolute Gasteiger partial charge is 0.128 e. The lowest BCUT2D eigenvalue weighted by Crippen LogP contribution is -1.97. The van der Waals surface area contributed by atoms with Gasteiger partial charge in [0.2, 0.25) is 0 Å². The third kappa shape index (κ3) is 1.78. The van der Waals surface area contributed by atoms with Crippen LogP contribution in [0.3, 0.4) is 0 Å². The largest absolute Gasteiger partial charge is 0.493 e. The quantitative estimate of drug-likeness (QED) is 0.684. The zero-order valence-corrected chi connectivity index (χ0v) is 8.97. The molecule has 0 amide bonds. The maximum absolute atomic E-state index is 6.01. The first kappa shape index (κ1) is 9.60. The lowest BCUT2D eigenvalue weighted by atomic mass is 10.0. The average Bonchev–Trinajstić information content (AvgIpc) is 2.41. The molecule has 0 unspecified atom stereocenters. The van der Waals surface area contributed by atoms with Crippen LogP contribution in [0.15, 0.2) is 18.2 Å². The molecule has 0 saturated heterocycles. The topological polar surface area (TPSA) is 9.23 Å². The lowest BCUT2D eigenvalue weighted by molar-refractivity contribution is 0.326. The number of rotatable bonds is 1. The van der Waals surface area contributed by atoms with E-state index in [4.69, 9.17) is 16.3 Å². The fourth-order valence-corrected chi connectivity index (χ4v) is 1.92. The molecule has 1 aromatic rings. The highest BCUT2D eigenvalue weighted by Crippen LogP contribution is 2.30. The Morgan fingerprint density at radius 2 is 2.29 bits per heavy atom. The van der Waals surface area contributed by atoms with E-state index in [2.05, 4.69) is 19.1 Å². The molecular weight excluding hydrogens is 196 g/mol. The molecule has 1 aromatic carbocycles. The molecule has 1 heterocycles. The van der Waals surface area contributed by atoms with Gasteiger partial charge < -0.3 is 4.74 Å². The standard InChI is InChI=1S/C12H13ClO/c1-2-9-7-10(13)8-12-11(9)5-3-4-6-14-12/h3,5,7-8H,2,4,6H2,1H3. The van der Waals surface area contributed by atoms with E-state index in [0.29, 0.717) is 0 Å². The highest BCUT2D eigenvalue weighted by molar-refractivity contribution is 6.30. The summed E-state index contributed by atoms with van der Waals surface area (Å²) in [5.74, 6) is 0.920. The minimum absolute atomic E-state index is 0.743. The van der Waals surface area contributed by atoms with E-state index >= 15 is 0 Å². The molecule has 1 nitrogen and oxygen atoms in total. The molecule has 1 aliphatic rings. The van der Waals surface area contributed by atoms with Crippen molar-refractivity contribution in [2.45, 2.75) is 19.8 Å². The van der Waals surface area contributed by atoms with Crippen LogP contribution in [-0.2, 0) is 6.42 Å². The van der Waals surface area contributed by atoms with Gasteiger partial charge in [-0.1, -0.05) is 30.7 Å². The number of halogens is 1. The van der Waals surface area contributed by atoms with Gasteiger partial charge in [0.05, 0.1) is 6.61 Å². The van der Waals surface area contributed by atoms with Crippen molar-refractivity contribution < 1.29 is 4.74 Å². The maximum atomic E-state index is 6.01. The van der Waals surface area contributed by atoms with Crippen molar-refractivity contribution in [3.8, 4) is 5.75 Å². The number of fused-ring (bicyclic) bond motifs is 1. The molecule has 0 bridgehead atoms. The van der Waals surface area contributed by atoms with Crippen LogP contribution in [0.5, 0.6) is 5.75 Å². The van der Waals surface area contributed by atoms with Crippen LogP contribution in [-0.4, -0.2) is 6.61 Å². The van der Waals surface area contributed by atoms with Gasteiger partial charge in [-0.05, 0) is 30.5 Å². The van der Waals surface area contributed by atoms with Gasteiger partial charge in [0.1, 0.15) is 5.75 Å². The first-order chi connectivity index (χ1) is 6.81. The predicted octanol–water partition coefficient (Wildman–Crippen LogP) is 3.70. The fraction of sp³-hybridized carbons (Fsp3) is 0.333. The van der Waals surface area contributed by atoms with Gasteiger partial charge in [0, 0.05) is 10.6 Å². The lowest BCUT2D eigenvalue weighted by Gasteiger charge is -2.10. The summed E-state index contributed by atoms with van der Waals surface area (Å²) in [5, 5.41) is 0.760. The van der Waals surface area contributed by atoms with Crippen molar-refractivity contribution in [2.75, 3.05) is 6.61 Å². The number of hydrogen-bond donors (Lipinski definition) is 0. The van der Waals surface area contributed by atoms with E-state index in [-0.39, 0.29) is 0 Å². The second kappa shape index (κ2) is 4.05. The zero-order chi connectivity index (χ0) is 9.97. The first-order valence-electron chi connectivity index (χ1n) is 4.93. The van der Waals surface area contributed by atoms with Crippen molar-refractivity contribution >= 4 is 17.7 Å². The first-order valence-corrected chi connectivity index (χ1v) is 5.31. The summed E-state index contributed by atoms with van der Waals surface area (Å²) < 4.78 is 5.62. The Labute approximate surface area is 89.3 Å². The van der Waals surface area contributed by atoms with E-state index < -0.39 is 0 Å². The van der Waals surface area contributed by atoms with Gasteiger partial charge in [-0.25, -0.2) is 0 Å². The second-order valence-corrected chi connectivity index (χ2v) is 3.81. The van der Waals surface area contributed by atoms with E-state index in [1.165, 1.54) is 11.1 Å². The maximum Gasteiger partial charge on any atom is 0.128 e. The molecule has 2 rings (SSSR count). The number of hydrogen-bond acceptors (Lipinski definition) is 1. The van der Waals surface area contributed by atoms with Crippen molar-refractivity contribution in [2.24, 2.45) is 0 Å². The Bertz CT molecular complexity index is 369. The Morgan fingerprint density at radius 3 is 3.07 bits per heavy atom. The molecule has 0 aromatic heterocycles. The molecule has 1 aliphatic heterocycles. The summed E-state index contributed by atoms with van der Waals surface area (Å²) in [7, 11) is 0. The van der Waals surface area contributed by atoms with Gasteiger partial charge in [-0.15, -0.1) is 0 Å². The predicted molar refractivity (Wildman–Crippen MR) is 60.0 cm³/mol. The zero-order valence-electron chi connectivity index (χ0n) is 8.22. The van der Waals surface area contributed by atoms with Crippen molar-refractivity contribution in [3.05, 3.63) is 34.4 Å². The fourth-order valence-electron chi connectivity index (χ4n) is 1.69. The summed E-state index contributed by atoms with van der Waals surface area (Å²) in [4.78, 5) is 0. The summed E-state index contributed by atoms with van der Waals surface area (Å²) in [5.41, 5.74) is 2.44. The molecule has 0 radical (unpaired) electrons. The van der Waals surface area contributed by atoms with Crippen LogP contribution in [0.4, 0.5) is 0 Å². The molecule has 74 valence electrons. The summed E-state index contributed by atoms with van der Waals surface area (Å²) in [6.45, 7) is 2.87. The van der Waals surface area contributed by atoms with E-state index in [1.54, 1.807) is 0 Å². The third-order valence-electron chi connectivity index (χ3n) is 2.40. The normalized spacial score (nSPS) is 14.4. The summed E-state index contributed by atoms with van der Waals surface area (Å²) in [6, 6.07) is 3.91. The molecule has 0 saturated carbocycles. The van der Waals surface area contributed by atoms with Crippen molar-refractivity contribution in [1.82, 2.24) is 0 Å².